The Bertz CT molecular complexity index is 461. The lowest BCUT2D eigenvalue weighted by Crippen LogP contribution is -2.31. The van der Waals surface area contributed by atoms with Gasteiger partial charge in [0.1, 0.15) is 5.75 Å². The highest BCUT2D eigenvalue weighted by atomic mass is 16.5. The zero-order valence-corrected chi connectivity index (χ0v) is 11.7. The smallest absolute Gasteiger partial charge is 0.258 e. The Hall–Kier alpha value is -1.59. The number of aliphatic hydroxyl groups is 1. The summed E-state index contributed by atoms with van der Waals surface area (Å²) in [6.45, 7) is 0.944. The molecule has 1 aliphatic carbocycles. The third-order valence-electron chi connectivity index (χ3n) is 3.42. The van der Waals surface area contributed by atoms with Crippen LogP contribution in [0.4, 0.5) is 0 Å². The number of hydrogen-bond acceptors (Lipinski definition) is 4. The average molecular weight is 279 g/mol. The first-order valence-corrected chi connectivity index (χ1v) is 6.90. The fraction of sp³-hybridized carbons (Fsp3) is 0.533. The predicted molar refractivity (Wildman–Crippen MR) is 74.7 cm³/mol. The molecular weight excluding hydrogens is 258 g/mol. The number of carbonyl (C=O) groups excluding carboxylic acids is 1. The summed E-state index contributed by atoms with van der Waals surface area (Å²) in [5.41, 5.74) is 1.95. The molecule has 0 saturated heterocycles. The molecule has 1 aromatic rings. The second-order valence-electron chi connectivity index (χ2n) is 4.86. The molecule has 1 aliphatic rings. The maximum atomic E-state index is 11.6. The van der Waals surface area contributed by atoms with E-state index in [0.29, 0.717) is 18.9 Å². The highest BCUT2D eigenvalue weighted by Crippen LogP contribution is 2.35. The van der Waals surface area contributed by atoms with Gasteiger partial charge in [-0.05, 0) is 36.5 Å². The molecule has 0 bridgehead atoms. The Labute approximate surface area is 118 Å². The second-order valence-corrected chi connectivity index (χ2v) is 4.86. The van der Waals surface area contributed by atoms with Crippen LogP contribution in [-0.2, 0) is 16.0 Å². The van der Waals surface area contributed by atoms with Gasteiger partial charge in [-0.2, -0.15) is 0 Å². The van der Waals surface area contributed by atoms with Gasteiger partial charge in [-0.3, -0.25) is 4.79 Å². The van der Waals surface area contributed by atoms with E-state index in [9.17, 15) is 9.90 Å². The molecule has 5 nitrogen and oxygen atoms in total. The first-order chi connectivity index (χ1) is 9.72. The van der Waals surface area contributed by atoms with Crippen LogP contribution in [0.25, 0.3) is 0 Å². The molecule has 0 radical (unpaired) electrons. The fourth-order valence-corrected chi connectivity index (χ4v) is 2.41. The summed E-state index contributed by atoms with van der Waals surface area (Å²) in [4.78, 5) is 11.6. The zero-order valence-electron chi connectivity index (χ0n) is 11.7. The van der Waals surface area contributed by atoms with Gasteiger partial charge in [0.15, 0.2) is 6.61 Å². The number of fused-ring (bicyclic) bond motifs is 1. The maximum absolute atomic E-state index is 11.6. The first kappa shape index (κ1) is 14.8. The summed E-state index contributed by atoms with van der Waals surface area (Å²) in [7, 11) is 1.59. The Morgan fingerprint density at radius 1 is 1.50 bits per heavy atom. The molecule has 0 aliphatic heterocycles. The van der Waals surface area contributed by atoms with Crippen molar-refractivity contribution < 1.29 is 19.4 Å². The van der Waals surface area contributed by atoms with E-state index in [2.05, 4.69) is 5.32 Å². The van der Waals surface area contributed by atoms with E-state index in [0.717, 1.165) is 30.4 Å². The van der Waals surface area contributed by atoms with Crippen LogP contribution in [0.3, 0.4) is 0 Å². The summed E-state index contributed by atoms with van der Waals surface area (Å²) in [6, 6.07) is 5.62. The third kappa shape index (κ3) is 3.71. The summed E-state index contributed by atoms with van der Waals surface area (Å²) in [5, 5.41) is 12.7. The summed E-state index contributed by atoms with van der Waals surface area (Å²) < 4.78 is 10.4. The molecule has 0 aromatic heterocycles. The van der Waals surface area contributed by atoms with Crippen LogP contribution in [-0.4, -0.2) is 37.9 Å². The highest BCUT2D eigenvalue weighted by Gasteiger charge is 2.21. The topological polar surface area (TPSA) is 67.8 Å². The molecule has 2 rings (SSSR count). The lowest BCUT2D eigenvalue weighted by molar-refractivity contribution is -0.123. The van der Waals surface area contributed by atoms with Gasteiger partial charge in [-0.1, -0.05) is 12.1 Å². The van der Waals surface area contributed by atoms with Crippen LogP contribution < -0.4 is 10.1 Å². The molecule has 110 valence electrons. The van der Waals surface area contributed by atoms with Gasteiger partial charge >= 0.3 is 0 Å². The Balaban J connectivity index is 1.93. The van der Waals surface area contributed by atoms with E-state index in [-0.39, 0.29) is 12.5 Å². The van der Waals surface area contributed by atoms with E-state index in [1.54, 1.807) is 7.11 Å². The van der Waals surface area contributed by atoms with Gasteiger partial charge in [0.2, 0.25) is 0 Å². The van der Waals surface area contributed by atoms with Crippen molar-refractivity contribution in [3.63, 3.8) is 0 Å². The van der Waals surface area contributed by atoms with Crippen molar-refractivity contribution in [3.05, 3.63) is 29.3 Å². The Kier molecular flexibility index (Phi) is 5.38. The SMILES string of the molecule is COCCNC(=O)COc1cccc2c1CCCC2O. The van der Waals surface area contributed by atoms with Crippen LogP contribution in [0.5, 0.6) is 5.75 Å². The van der Waals surface area contributed by atoms with Crippen LogP contribution in [0.1, 0.15) is 30.1 Å². The molecule has 0 spiro atoms. The van der Waals surface area contributed by atoms with Crippen molar-refractivity contribution in [2.45, 2.75) is 25.4 Å². The molecule has 1 atom stereocenters. The van der Waals surface area contributed by atoms with Crippen molar-refractivity contribution in [1.29, 1.82) is 0 Å². The minimum Gasteiger partial charge on any atom is -0.483 e. The summed E-state index contributed by atoms with van der Waals surface area (Å²) >= 11 is 0. The third-order valence-corrected chi connectivity index (χ3v) is 3.42. The van der Waals surface area contributed by atoms with E-state index < -0.39 is 6.10 Å². The quantitative estimate of drug-likeness (QED) is 0.768. The molecular formula is C15H21NO4. The Morgan fingerprint density at radius 2 is 2.35 bits per heavy atom. The minimum absolute atomic E-state index is 0.0176. The monoisotopic (exact) mass is 279 g/mol. The van der Waals surface area contributed by atoms with Crippen molar-refractivity contribution in [2.24, 2.45) is 0 Å². The lowest BCUT2D eigenvalue weighted by Gasteiger charge is -2.23. The van der Waals surface area contributed by atoms with Crippen molar-refractivity contribution in [1.82, 2.24) is 5.32 Å². The van der Waals surface area contributed by atoms with E-state index >= 15 is 0 Å². The second kappa shape index (κ2) is 7.26. The van der Waals surface area contributed by atoms with E-state index in [1.165, 1.54) is 0 Å². The van der Waals surface area contributed by atoms with Gasteiger partial charge in [0.05, 0.1) is 12.7 Å². The number of amides is 1. The van der Waals surface area contributed by atoms with Gasteiger partial charge in [-0.15, -0.1) is 0 Å². The zero-order chi connectivity index (χ0) is 14.4. The van der Waals surface area contributed by atoms with Crippen LogP contribution in [0.15, 0.2) is 18.2 Å². The van der Waals surface area contributed by atoms with Crippen LogP contribution in [0.2, 0.25) is 0 Å². The van der Waals surface area contributed by atoms with Crippen LogP contribution >= 0.6 is 0 Å². The standard InChI is InChI=1S/C15H21NO4/c1-19-9-8-16-15(18)10-20-14-7-3-4-11-12(14)5-2-6-13(11)17/h3-4,7,13,17H,2,5-6,8-10H2,1H3,(H,16,18). The number of ether oxygens (including phenoxy) is 2. The Morgan fingerprint density at radius 3 is 3.15 bits per heavy atom. The number of carbonyl (C=O) groups is 1. The van der Waals surface area contributed by atoms with Gasteiger partial charge in [-0.25, -0.2) is 0 Å². The highest BCUT2D eigenvalue weighted by molar-refractivity contribution is 5.77. The molecule has 1 amide bonds. The van der Waals surface area contributed by atoms with E-state index in [1.807, 2.05) is 18.2 Å². The average Bonchev–Trinajstić information content (AvgIpc) is 2.46. The number of hydrogen-bond donors (Lipinski definition) is 2. The predicted octanol–water partition coefficient (Wildman–Crippen LogP) is 1.20. The summed E-state index contributed by atoms with van der Waals surface area (Å²) in [6.07, 6.45) is 2.19. The number of benzene rings is 1. The normalized spacial score (nSPS) is 17.4. The number of methoxy groups -OCH3 is 1. The van der Waals surface area contributed by atoms with E-state index in [4.69, 9.17) is 9.47 Å². The molecule has 1 aromatic carbocycles. The molecule has 0 saturated carbocycles. The molecule has 20 heavy (non-hydrogen) atoms. The van der Waals surface area contributed by atoms with Gasteiger partial charge in [0, 0.05) is 13.7 Å². The minimum atomic E-state index is -0.419. The van der Waals surface area contributed by atoms with Gasteiger partial charge < -0.3 is 19.9 Å². The maximum Gasteiger partial charge on any atom is 0.258 e. The van der Waals surface area contributed by atoms with Crippen LogP contribution in [0, 0.1) is 0 Å². The molecule has 5 heteroatoms. The first-order valence-electron chi connectivity index (χ1n) is 6.90. The number of rotatable bonds is 6. The summed E-state index contributed by atoms with van der Waals surface area (Å²) in [5.74, 6) is 0.527. The molecule has 2 N–H and O–H groups in total. The molecule has 0 heterocycles. The van der Waals surface area contributed by atoms with Gasteiger partial charge in [0.25, 0.3) is 5.91 Å². The fourth-order valence-electron chi connectivity index (χ4n) is 2.41. The van der Waals surface area contributed by atoms with Crippen molar-refractivity contribution in [3.8, 4) is 5.75 Å². The molecule has 0 fully saturated rings. The lowest BCUT2D eigenvalue weighted by atomic mass is 9.89. The largest absolute Gasteiger partial charge is 0.483 e. The van der Waals surface area contributed by atoms with Crippen molar-refractivity contribution >= 4 is 5.91 Å². The number of nitrogens with one attached hydrogen (secondary N) is 1. The van der Waals surface area contributed by atoms with Crippen molar-refractivity contribution in [2.75, 3.05) is 26.9 Å². The number of aliphatic hydroxyl groups excluding tert-OH is 1. The molecule has 1 unspecified atom stereocenters.